The summed E-state index contributed by atoms with van der Waals surface area (Å²) in [4.78, 5) is 12.4. The van der Waals surface area contributed by atoms with Crippen LogP contribution in [-0.2, 0) is 4.79 Å². The summed E-state index contributed by atoms with van der Waals surface area (Å²) in [5, 5.41) is 2.97. The Morgan fingerprint density at radius 2 is 1.79 bits per heavy atom. The maximum absolute atomic E-state index is 12.4. The molecule has 0 spiro atoms. The van der Waals surface area contributed by atoms with Crippen molar-refractivity contribution in [2.24, 2.45) is 17.8 Å². The highest BCUT2D eigenvalue weighted by Crippen LogP contribution is 2.30. The molecular formula is C15H22BrNO2. The fraction of sp³-hybridized carbons (Fsp3) is 0.533. The van der Waals surface area contributed by atoms with Crippen LogP contribution in [0.4, 0.5) is 5.69 Å². The lowest BCUT2D eigenvalue weighted by Crippen LogP contribution is -2.31. The van der Waals surface area contributed by atoms with E-state index in [2.05, 4.69) is 48.9 Å². The van der Waals surface area contributed by atoms with E-state index in [-0.39, 0.29) is 11.8 Å². The molecule has 3 nitrogen and oxygen atoms in total. The van der Waals surface area contributed by atoms with E-state index < -0.39 is 0 Å². The molecule has 1 rings (SSSR count). The molecule has 1 amide bonds. The third-order valence-electron chi connectivity index (χ3n) is 3.16. The zero-order valence-electron chi connectivity index (χ0n) is 12.2. The normalized spacial score (nSPS) is 11.2. The number of rotatable bonds is 5. The van der Waals surface area contributed by atoms with Crippen LogP contribution in [0.15, 0.2) is 22.7 Å². The van der Waals surface area contributed by atoms with Crippen molar-refractivity contribution in [3.05, 3.63) is 22.7 Å². The molecule has 0 aliphatic rings. The molecule has 4 heteroatoms. The number of benzene rings is 1. The molecular weight excluding hydrogens is 306 g/mol. The van der Waals surface area contributed by atoms with Crippen LogP contribution in [0, 0.1) is 17.8 Å². The highest BCUT2D eigenvalue weighted by atomic mass is 79.9. The van der Waals surface area contributed by atoms with Crippen LogP contribution in [-0.4, -0.2) is 13.0 Å². The number of hydrogen-bond donors (Lipinski definition) is 1. The Hall–Kier alpha value is -1.03. The quantitative estimate of drug-likeness (QED) is 0.874. The number of nitrogens with one attached hydrogen (secondary N) is 1. The summed E-state index contributed by atoms with van der Waals surface area (Å²) in [6.45, 7) is 8.29. The van der Waals surface area contributed by atoms with Crippen molar-refractivity contribution < 1.29 is 9.53 Å². The predicted octanol–water partition coefficient (Wildman–Crippen LogP) is 4.32. The molecule has 0 fully saturated rings. The molecule has 0 saturated heterocycles. The van der Waals surface area contributed by atoms with Gasteiger partial charge in [-0.3, -0.25) is 4.79 Å². The molecule has 0 atom stereocenters. The Labute approximate surface area is 123 Å². The van der Waals surface area contributed by atoms with Crippen molar-refractivity contribution in [2.75, 3.05) is 12.4 Å². The minimum Gasteiger partial charge on any atom is -0.495 e. The topological polar surface area (TPSA) is 38.3 Å². The summed E-state index contributed by atoms with van der Waals surface area (Å²) < 4.78 is 6.18. The van der Waals surface area contributed by atoms with E-state index in [1.165, 1.54) is 0 Å². The first-order chi connectivity index (χ1) is 8.86. The number of methoxy groups -OCH3 is 1. The molecule has 0 aliphatic heterocycles. The van der Waals surface area contributed by atoms with Gasteiger partial charge < -0.3 is 10.1 Å². The molecule has 19 heavy (non-hydrogen) atoms. The van der Waals surface area contributed by atoms with Crippen molar-refractivity contribution in [1.82, 2.24) is 0 Å². The summed E-state index contributed by atoms with van der Waals surface area (Å²) in [5.74, 6) is 1.31. The van der Waals surface area contributed by atoms with Crippen molar-refractivity contribution in [1.29, 1.82) is 0 Å². The van der Waals surface area contributed by atoms with Gasteiger partial charge in [-0.15, -0.1) is 0 Å². The molecule has 1 N–H and O–H groups in total. The highest BCUT2D eigenvalue weighted by molar-refractivity contribution is 9.10. The Kier molecular flexibility index (Phi) is 5.85. The van der Waals surface area contributed by atoms with Crippen molar-refractivity contribution in [3.63, 3.8) is 0 Å². The van der Waals surface area contributed by atoms with Gasteiger partial charge in [0.15, 0.2) is 0 Å². The number of anilines is 1. The molecule has 0 aliphatic carbocycles. The van der Waals surface area contributed by atoms with Gasteiger partial charge in [-0.1, -0.05) is 43.6 Å². The van der Waals surface area contributed by atoms with E-state index >= 15 is 0 Å². The summed E-state index contributed by atoms with van der Waals surface area (Å²) in [7, 11) is 1.60. The highest BCUT2D eigenvalue weighted by Gasteiger charge is 2.26. The summed E-state index contributed by atoms with van der Waals surface area (Å²) in [5.41, 5.74) is 0.702. The molecule has 0 unspecified atom stereocenters. The molecule has 0 bridgehead atoms. The molecule has 1 aromatic carbocycles. The average molecular weight is 328 g/mol. The van der Waals surface area contributed by atoms with Gasteiger partial charge >= 0.3 is 0 Å². The maximum atomic E-state index is 12.4. The Morgan fingerprint density at radius 1 is 1.21 bits per heavy atom. The first-order valence-corrected chi connectivity index (χ1v) is 7.30. The van der Waals surface area contributed by atoms with Gasteiger partial charge in [0.05, 0.1) is 12.8 Å². The fourth-order valence-electron chi connectivity index (χ4n) is 2.37. The van der Waals surface area contributed by atoms with Gasteiger partial charge in [-0.2, -0.15) is 0 Å². The molecule has 106 valence electrons. The lowest BCUT2D eigenvalue weighted by Gasteiger charge is -2.24. The fourth-order valence-corrected chi connectivity index (χ4v) is 2.73. The summed E-state index contributed by atoms with van der Waals surface area (Å²) in [6.07, 6.45) is 0. The van der Waals surface area contributed by atoms with Crippen LogP contribution in [0.2, 0.25) is 0 Å². The van der Waals surface area contributed by atoms with Gasteiger partial charge in [0.1, 0.15) is 5.75 Å². The van der Waals surface area contributed by atoms with Gasteiger partial charge in [-0.25, -0.2) is 0 Å². The predicted molar refractivity (Wildman–Crippen MR) is 82.5 cm³/mol. The van der Waals surface area contributed by atoms with E-state index in [9.17, 15) is 4.79 Å². The Morgan fingerprint density at radius 3 is 2.26 bits per heavy atom. The lowest BCUT2D eigenvalue weighted by atomic mass is 9.85. The SMILES string of the molecule is COc1ccc(Br)cc1NC(=O)C(C(C)C)C(C)C. The zero-order valence-corrected chi connectivity index (χ0v) is 13.7. The van der Waals surface area contributed by atoms with Crippen LogP contribution < -0.4 is 10.1 Å². The van der Waals surface area contributed by atoms with E-state index in [0.717, 1.165) is 4.47 Å². The van der Waals surface area contributed by atoms with E-state index in [1.807, 2.05) is 18.2 Å². The van der Waals surface area contributed by atoms with Crippen molar-refractivity contribution in [2.45, 2.75) is 27.7 Å². The second-order valence-corrected chi connectivity index (χ2v) is 6.26. The largest absolute Gasteiger partial charge is 0.495 e. The molecule has 0 radical (unpaired) electrons. The Bertz CT molecular complexity index is 436. The van der Waals surface area contributed by atoms with E-state index in [4.69, 9.17) is 4.74 Å². The van der Waals surface area contributed by atoms with Crippen LogP contribution in [0.5, 0.6) is 5.75 Å². The van der Waals surface area contributed by atoms with Gasteiger partial charge in [0, 0.05) is 10.4 Å². The first-order valence-electron chi connectivity index (χ1n) is 6.51. The lowest BCUT2D eigenvalue weighted by molar-refractivity contribution is -0.122. The second-order valence-electron chi connectivity index (χ2n) is 5.35. The standard InChI is InChI=1S/C15H22BrNO2/c1-9(2)14(10(3)4)15(18)17-12-8-11(16)6-7-13(12)19-5/h6-10,14H,1-5H3,(H,17,18). The number of halogens is 1. The third-order valence-corrected chi connectivity index (χ3v) is 3.65. The number of ether oxygens (including phenoxy) is 1. The second kappa shape index (κ2) is 6.94. The van der Waals surface area contributed by atoms with Crippen molar-refractivity contribution in [3.8, 4) is 5.75 Å². The minimum atomic E-state index is -0.0105. The molecule has 1 aromatic rings. The minimum absolute atomic E-state index is 0.0105. The van der Waals surface area contributed by atoms with Gasteiger partial charge in [0.2, 0.25) is 5.91 Å². The van der Waals surface area contributed by atoms with E-state index in [1.54, 1.807) is 7.11 Å². The maximum Gasteiger partial charge on any atom is 0.228 e. The van der Waals surface area contributed by atoms with Crippen LogP contribution in [0.3, 0.4) is 0 Å². The number of hydrogen-bond acceptors (Lipinski definition) is 2. The van der Waals surface area contributed by atoms with Crippen LogP contribution in [0.1, 0.15) is 27.7 Å². The Balaban J connectivity index is 2.95. The smallest absolute Gasteiger partial charge is 0.228 e. The van der Waals surface area contributed by atoms with Gasteiger partial charge in [-0.05, 0) is 30.0 Å². The van der Waals surface area contributed by atoms with Crippen LogP contribution >= 0.6 is 15.9 Å². The van der Waals surface area contributed by atoms with E-state index in [0.29, 0.717) is 23.3 Å². The monoisotopic (exact) mass is 327 g/mol. The summed E-state index contributed by atoms with van der Waals surface area (Å²) in [6, 6.07) is 5.57. The zero-order chi connectivity index (χ0) is 14.6. The first kappa shape index (κ1) is 16.0. The number of amides is 1. The summed E-state index contributed by atoms with van der Waals surface area (Å²) >= 11 is 3.40. The number of carbonyl (C=O) groups excluding carboxylic acids is 1. The average Bonchev–Trinajstić information content (AvgIpc) is 2.27. The molecule has 0 saturated carbocycles. The molecule has 0 heterocycles. The number of carbonyl (C=O) groups is 1. The van der Waals surface area contributed by atoms with Crippen molar-refractivity contribution >= 4 is 27.5 Å². The molecule has 0 aromatic heterocycles. The third kappa shape index (κ3) is 4.23. The van der Waals surface area contributed by atoms with Crippen LogP contribution in [0.25, 0.3) is 0 Å². The van der Waals surface area contributed by atoms with Gasteiger partial charge in [0.25, 0.3) is 0 Å².